The number of aromatic nitrogens is 2. The lowest BCUT2D eigenvalue weighted by atomic mass is 10.2. The first-order valence-electron chi connectivity index (χ1n) is 7.86. The van der Waals surface area contributed by atoms with Crippen LogP contribution in [0.4, 0.5) is 5.82 Å². The number of nitrogens with zero attached hydrogens (tertiary/aromatic N) is 4. The molecule has 1 saturated heterocycles. The Kier molecular flexibility index (Phi) is 5.33. The lowest BCUT2D eigenvalue weighted by Gasteiger charge is -2.23. The zero-order valence-electron chi connectivity index (χ0n) is 13.5. The van der Waals surface area contributed by atoms with E-state index in [-0.39, 0.29) is 0 Å². The maximum Gasteiger partial charge on any atom is 0.250 e. The second-order valence-electron chi connectivity index (χ2n) is 5.87. The molecule has 1 aliphatic heterocycles. The maximum atomic E-state index is 11.2. The van der Waals surface area contributed by atoms with E-state index in [2.05, 4.69) is 25.1 Å². The van der Waals surface area contributed by atoms with Gasteiger partial charge in [-0.3, -0.25) is 9.69 Å². The molecule has 0 aliphatic carbocycles. The van der Waals surface area contributed by atoms with Gasteiger partial charge in [-0.15, -0.1) is 11.3 Å². The van der Waals surface area contributed by atoms with Gasteiger partial charge in [0.25, 0.3) is 0 Å². The molecule has 0 atom stereocenters. The molecule has 3 rings (SSSR count). The number of rotatable bonds is 4. The van der Waals surface area contributed by atoms with Crippen molar-refractivity contribution in [3.05, 3.63) is 38.9 Å². The van der Waals surface area contributed by atoms with Crippen molar-refractivity contribution in [2.24, 2.45) is 5.73 Å². The van der Waals surface area contributed by atoms with Crippen molar-refractivity contribution in [3.63, 3.8) is 0 Å². The topological polar surface area (TPSA) is 75.3 Å². The number of primary amides is 1. The smallest absolute Gasteiger partial charge is 0.250 e. The molecule has 1 fully saturated rings. The van der Waals surface area contributed by atoms with Crippen molar-refractivity contribution in [1.29, 1.82) is 0 Å². The molecule has 1 amide bonds. The molecule has 8 heteroatoms. The summed E-state index contributed by atoms with van der Waals surface area (Å²) >= 11 is 7.98. The number of amides is 1. The number of carbonyl (C=O) groups excluding carboxylic acids is 1. The third kappa shape index (κ3) is 4.03. The van der Waals surface area contributed by atoms with Crippen LogP contribution in [0.25, 0.3) is 0 Å². The predicted molar refractivity (Wildman–Crippen MR) is 96.7 cm³/mol. The molecule has 0 radical (unpaired) electrons. The largest absolute Gasteiger partial charge is 0.366 e. The van der Waals surface area contributed by atoms with Gasteiger partial charge in [-0.2, -0.15) is 0 Å². The Morgan fingerprint density at radius 2 is 2.21 bits per heavy atom. The number of hydrogen-bond acceptors (Lipinski definition) is 6. The average Bonchev–Trinajstić information content (AvgIpc) is 2.81. The number of thiazole rings is 1. The summed E-state index contributed by atoms with van der Waals surface area (Å²) in [4.78, 5) is 24.7. The van der Waals surface area contributed by atoms with E-state index in [0.717, 1.165) is 49.8 Å². The van der Waals surface area contributed by atoms with Crippen molar-refractivity contribution in [3.8, 4) is 0 Å². The first kappa shape index (κ1) is 17.1. The van der Waals surface area contributed by atoms with Crippen molar-refractivity contribution in [2.45, 2.75) is 19.9 Å². The number of anilines is 1. The summed E-state index contributed by atoms with van der Waals surface area (Å²) < 4.78 is 0. The zero-order chi connectivity index (χ0) is 17.1. The summed E-state index contributed by atoms with van der Waals surface area (Å²) in [5.74, 6) is 0.199. The summed E-state index contributed by atoms with van der Waals surface area (Å²) in [5, 5.41) is 3.70. The number of pyridine rings is 1. The number of carbonyl (C=O) groups is 1. The highest BCUT2D eigenvalue weighted by molar-refractivity contribution is 7.09. The van der Waals surface area contributed by atoms with Crippen LogP contribution in [0.15, 0.2) is 17.6 Å². The van der Waals surface area contributed by atoms with Crippen LogP contribution in [-0.4, -0.2) is 47.0 Å². The number of aryl methyl sites for hydroxylation is 1. The van der Waals surface area contributed by atoms with Gasteiger partial charge in [0.2, 0.25) is 5.91 Å². The Hall–Kier alpha value is -1.70. The first-order chi connectivity index (χ1) is 11.5. The Balaban J connectivity index is 1.66. The molecule has 2 aromatic heterocycles. The fourth-order valence-electron chi connectivity index (χ4n) is 2.85. The average molecular weight is 366 g/mol. The molecule has 1 aliphatic rings. The molecule has 2 aromatic rings. The van der Waals surface area contributed by atoms with Crippen LogP contribution in [0.1, 0.15) is 27.5 Å². The van der Waals surface area contributed by atoms with Gasteiger partial charge in [0.15, 0.2) is 0 Å². The highest BCUT2D eigenvalue weighted by Gasteiger charge is 2.19. The summed E-state index contributed by atoms with van der Waals surface area (Å²) in [6, 6.07) is 1.59. The lowest BCUT2D eigenvalue weighted by molar-refractivity contribution is 0.1000. The second kappa shape index (κ2) is 7.46. The SMILES string of the molecule is Cc1nc(CN2CCCN(c3ncc(C(N)=O)cc3Cl)CC2)cs1. The molecule has 2 N–H and O–H groups in total. The summed E-state index contributed by atoms with van der Waals surface area (Å²) in [6.07, 6.45) is 2.52. The van der Waals surface area contributed by atoms with Gasteiger partial charge in [-0.25, -0.2) is 9.97 Å². The van der Waals surface area contributed by atoms with Gasteiger partial charge in [-0.1, -0.05) is 11.6 Å². The monoisotopic (exact) mass is 365 g/mol. The molecule has 0 saturated carbocycles. The normalized spacial score (nSPS) is 16.2. The molecular formula is C16H20ClN5OS. The van der Waals surface area contributed by atoms with E-state index in [1.165, 1.54) is 6.20 Å². The molecule has 3 heterocycles. The number of halogens is 1. The van der Waals surface area contributed by atoms with E-state index in [1.807, 2.05) is 6.92 Å². The second-order valence-corrected chi connectivity index (χ2v) is 7.34. The Morgan fingerprint density at radius 3 is 2.88 bits per heavy atom. The molecule has 128 valence electrons. The standard InChI is InChI=1S/C16H20ClN5OS/c1-11-20-13(10-24-11)9-21-3-2-4-22(6-5-21)16-14(17)7-12(8-19-16)15(18)23/h7-8,10H,2-6,9H2,1H3,(H2,18,23). The van der Waals surface area contributed by atoms with Gasteiger partial charge in [-0.05, 0) is 19.4 Å². The summed E-state index contributed by atoms with van der Waals surface area (Å²) in [5.41, 5.74) is 6.73. The van der Waals surface area contributed by atoms with Crippen LogP contribution in [-0.2, 0) is 6.54 Å². The minimum Gasteiger partial charge on any atom is -0.366 e. The van der Waals surface area contributed by atoms with Gasteiger partial charge < -0.3 is 10.6 Å². The molecular weight excluding hydrogens is 346 g/mol. The van der Waals surface area contributed by atoms with Crippen molar-refractivity contribution >= 4 is 34.7 Å². The zero-order valence-corrected chi connectivity index (χ0v) is 15.1. The highest BCUT2D eigenvalue weighted by Crippen LogP contribution is 2.25. The van der Waals surface area contributed by atoms with Crippen LogP contribution in [0.3, 0.4) is 0 Å². The molecule has 0 unspecified atom stereocenters. The van der Waals surface area contributed by atoms with Gasteiger partial charge in [0.05, 0.1) is 21.3 Å². The van der Waals surface area contributed by atoms with Crippen LogP contribution in [0.5, 0.6) is 0 Å². The van der Waals surface area contributed by atoms with E-state index in [9.17, 15) is 4.79 Å². The molecule has 24 heavy (non-hydrogen) atoms. The molecule has 0 aromatic carbocycles. The van der Waals surface area contributed by atoms with Gasteiger partial charge >= 0.3 is 0 Å². The van der Waals surface area contributed by atoms with E-state index in [0.29, 0.717) is 16.4 Å². The van der Waals surface area contributed by atoms with Gasteiger partial charge in [0, 0.05) is 44.3 Å². The Morgan fingerprint density at radius 1 is 1.38 bits per heavy atom. The molecule has 6 nitrogen and oxygen atoms in total. The van der Waals surface area contributed by atoms with Crippen LogP contribution in [0, 0.1) is 6.92 Å². The fourth-order valence-corrected chi connectivity index (χ4v) is 3.74. The van der Waals surface area contributed by atoms with Crippen molar-refractivity contribution in [1.82, 2.24) is 14.9 Å². The third-order valence-electron chi connectivity index (χ3n) is 4.05. The van der Waals surface area contributed by atoms with E-state index in [4.69, 9.17) is 17.3 Å². The Labute approximate surface area is 150 Å². The molecule has 0 spiro atoms. The van der Waals surface area contributed by atoms with Crippen molar-refractivity contribution < 1.29 is 4.79 Å². The summed E-state index contributed by atoms with van der Waals surface area (Å²) in [6.45, 7) is 6.57. The van der Waals surface area contributed by atoms with Crippen LogP contribution >= 0.6 is 22.9 Å². The highest BCUT2D eigenvalue weighted by atomic mass is 35.5. The van der Waals surface area contributed by atoms with Crippen molar-refractivity contribution in [2.75, 3.05) is 31.1 Å². The van der Waals surface area contributed by atoms with E-state index >= 15 is 0 Å². The quantitative estimate of drug-likeness (QED) is 0.899. The molecule has 0 bridgehead atoms. The third-order valence-corrected chi connectivity index (χ3v) is 5.15. The first-order valence-corrected chi connectivity index (χ1v) is 9.12. The minimum atomic E-state index is -0.517. The predicted octanol–water partition coefficient (Wildman–Crippen LogP) is 2.31. The summed E-state index contributed by atoms with van der Waals surface area (Å²) in [7, 11) is 0. The van der Waals surface area contributed by atoms with Gasteiger partial charge in [0.1, 0.15) is 5.82 Å². The lowest BCUT2D eigenvalue weighted by Crippen LogP contribution is -2.31. The minimum absolute atomic E-state index is 0.333. The number of nitrogens with two attached hydrogens (primary N) is 1. The van der Waals surface area contributed by atoms with Crippen LogP contribution < -0.4 is 10.6 Å². The number of hydrogen-bond donors (Lipinski definition) is 1. The maximum absolute atomic E-state index is 11.2. The fraction of sp³-hybridized carbons (Fsp3) is 0.438. The van der Waals surface area contributed by atoms with E-state index < -0.39 is 5.91 Å². The van der Waals surface area contributed by atoms with Crippen LogP contribution in [0.2, 0.25) is 5.02 Å². The van der Waals surface area contributed by atoms with E-state index in [1.54, 1.807) is 17.4 Å². The Bertz CT molecular complexity index is 735.